The molecule has 1 saturated heterocycles. The van der Waals surface area contributed by atoms with Crippen molar-refractivity contribution in [1.29, 1.82) is 0 Å². The minimum absolute atomic E-state index is 0.0763. The maximum atomic E-state index is 13.3. The van der Waals surface area contributed by atoms with Gasteiger partial charge in [0.15, 0.2) is 0 Å². The predicted molar refractivity (Wildman–Crippen MR) is 79.9 cm³/mol. The van der Waals surface area contributed by atoms with Gasteiger partial charge in [-0.1, -0.05) is 18.3 Å². The smallest absolute Gasteiger partial charge is 0.246 e. The van der Waals surface area contributed by atoms with E-state index >= 15 is 0 Å². The summed E-state index contributed by atoms with van der Waals surface area (Å²) < 4.78 is 13.3. The lowest BCUT2D eigenvalue weighted by atomic mass is 9.96. The van der Waals surface area contributed by atoms with E-state index in [1.807, 2.05) is 0 Å². The molecule has 0 aliphatic carbocycles. The van der Waals surface area contributed by atoms with Crippen LogP contribution in [0.15, 0.2) is 18.2 Å². The number of nitrogens with one attached hydrogen (secondary N) is 1. The molecular weight excluding hydrogens is 293 g/mol. The first-order valence-corrected chi connectivity index (χ1v) is 6.80. The lowest BCUT2D eigenvalue weighted by Crippen LogP contribution is -2.63. The first-order valence-electron chi connectivity index (χ1n) is 6.39. The van der Waals surface area contributed by atoms with Gasteiger partial charge in [0, 0.05) is 12.1 Å². The molecule has 2 rings (SSSR count). The van der Waals surface area contributed by atoms with Crippen LogP contribution in [0, 0.1) is 5.82 Å². The molecule has 1 aliphatic rings. The van der Waals surface area contributed by atoms with Gasteiger partial charge >= 0.3 is 0 Å². The zero-order chi connectivity index (χ0) is 15.8. The van der Waals surface area contributed by atoms with Gasteiger partial charge in [-0.15, -0.1) is 0 Å². The minimum atomic E-state index is -0.851. The third kappa shape index (κ3) is 3.08. The average molecular weight is 309 g/mol. The van der Waals surface area contributed by atoms with Crippen LogP contribution in [0.3, 0.4) is 0 Å². The van der Waals surface area contributed by atoms with E-state index < -0.39 is 11.4 Å². The van der Waals surface area contributed by atoms with Crippen molar-refractivity contribution < 1.29 is 14.0 Å². The Morgan fingerprint density at radius 2 is 2.14 bits per heavy atom. The van der Waals surface area contributed by atoms with E-state index in [0.29, 0.717) is 11.1 Å². The van der Waals surface area contributed by atoms with E-state index in [2.05, 4.69) is 5.32 Å². The highest BCUT2D eigenvalue weighted by Crippen LogP contribution is 2.23. The number of thiocarbonyl (C=S) groups is 1. The number of benzene rings is 1. The monoisotopic (exact) mass is 309 g/mol. The van der Waals surface area contributed by atoms with Crippen molar-refractivity contribution in [2.75, 3.05) is 6.54 Å². The summed E-state index contributed by atoms with van der Waals surface area (Å²) in [4.78, 5) is 25.3. The number of imide groups is 1. The molecule has 1 aromatic carbocycles. The minimum Gasteiger partial charge on any atom is -0.389 e. The van der Waals surface area contributed by atoms with Gasteiger partial charge in [0.25, 0.3) is 0 Å². The molecule has 3 N–H and O–H groups in total. The highest BCUT2D eigenvalue weighted by molar-refractivity contribution is 7.80. The van der Waals surface area contributed by atoms with E-state index in [1.165, 1.54) is 12.1 Å². The SMILES string of the molecule is CC1(C)C(=O)NC(=O)CN1Cc1ccc(F)cc1C(N)=S. The fraction of sp³-hybridized carbons (Fsp3) is 0.357. The molecule has 0 radical (unpaired) electrons. The van der Waals surface area contributed by atoms with Crippen molar-refractivity contribution in [2.45, 2.75) is 25.9 Å². The van der Waals surface area contributed by atoms with Gasteiger partial charge in [-0.25, -0.2) is 4.39 Å². The number of carbonyl (C=O) groups is 2. The number of rotatable bonds is 3. The predicted octanol–water partition coefficient (Wildman–Crippen LogP) is 0.697. The summed E-state index contributed by atoms with van der Waals surface area (Å²) in [6, 6.07) is 4.13. The standard InChI is InChI=1S/C14H16FN3O2S/c1-14(2)13(20)17-11(19)7-18(14)6-8-3-4-9(15)5-10(8)12(16)21/h3-5H,6-7H2,1-2H3,(H2,16,21)(H,17,19,20). The molecule has 112 valence electrons. The molecule has 0 aromatic heterocycles. The van der Waals surface area contributed by atoms with Crippen LogP contribution in [0.5, 0.6) is 0 Å². The number of carbonyl (C=O) groups excluding carboxylic acids is 2. The van der Waals surface area contributed by atoms with Crippen LogP contribution in [-0.2, 0) is 16.1 Å². The number of nitrogens with zero attached hydrogens (tertiary/aromatic N) is 1. The van der Waals surface area contributed by atoms with Crippen molar-refractivity contribution >= 4 is 29.0 Å². The summed E-state index contributed by atoms with van der Waals surface area (Å²) in [7, 11) is 0. The zero-order valence-corrected chi connectivity index (χ0v) is 12.6. The molecule has 1 fully saturated rings. The second-order valence-electron chi connectivity index (χ2n) is 5.46. The summed E-state index contributed by atoms with van der Waals surface area (Å²) >= 11 is 4.93. The van der Waals surface area contributed by atoms with Gasteiger partial charge < -0.3 is 5.73 Å². The Bertz CT molecular complexity index is 631. The van der Waals surface area contributed by atoms with Gasteiger partial charge in [0.05, 0.1) is 12.1 Å². The summed E-state index contributed by atoms with van der Waals surface area (Å²) in [5.74, 6) is -1.16. The number of hydrogen-bond donors (Lipinski definition) is 2. The molecule has 21 heavy (non-hydrogen) atoms. The first kappa shape index (κ1) is 15.5. The second kappa shape index (κ2) is 5.50. The average Bonchev–Trinajstić information content (AvgIpc) is 2.37. The molecule has 0 unspecified atom stereocenters. The summed E-state index contributed by atoms with van der Waals surface area (Å²) in [5.41, 5.74) is 5.86. The Labute approximate surface area is 127 Å². The molecule has 1 aliphatic heterocycles. The highest BCUT2D eigenvalue weighted by atomic mass is 32.1. The van der Waals surface area contributed by atoms with Gasteiger partial charge in [-0.3, -0.25) is 19.8 Å². The van der Waals surface area contributed by atoms with Crippen LogP contribution >= 0.6 is 12.2 Å². The fourth-order valence-electron chi connectivity index (χ4n) is 2.21. The van der Waals surface area contributed by atoms with Gasteiger partial charge in [-0.05, 0) is 31.5 Å². The molecule has 1 heterocycles. The first-order chi connectivity index (χ1) is 9.71. The fourth-order valence-corrected chi connectivity index (χ4v) is 2.40. The Hall–Kier alpha value is -1.86. The van der Waals surface area contributed by atoms with Crippen LogP contribution < -0.4 is 11.1 Å². The van der Waals surface area contributed by atoms with Gasteiger partial charge in [-0.2, -0.15) is 0 Å². The van der Waals surface area contributed by atoms with Gasteiger partial charge in [0.2, 0.25) is 11.8 Å². The molecule has 0 bridgehead atoms. The van der Waals surface area contributed by atoms with Crippen LogP contribution in [0.25, 0.3) is 0 Å². The highest BCUT2D eigenvalue weighted by Gasteiger charge is 2.40. The lowest BCUT2D eigenvalue weighted by Gasteiger charge is -2.40. The second-order valence-corrected chi connectivity index (χ2v) is 5.90. The third-order valence-corrected chi connectivity index (χ3v) is 3.85. The Morgan fingerprint density at radius 1 is 1.48 bits per heavy atom. The number of halogens is 1. The summed E-state index contributed by atoms with van der Waals surface area (Å²) in [5, 5.41) is 2.30. The molecular formula is C14H16FN3O2S. The van der Waals surface area contributed by atoms with Crippen LogP contribution in [0.4, 0.5) is 4.39 Å². The summed E-state index contributed by atoms with van der Waals surface area (Å²) in [6.07, 6.45) is 0. The lowest BCUT2D eigenvalue weighted by molar-refractivity contribution is -0.145. The van der Waals surface area contributed by atoms with E-state index in [4.69, 9.17) is 18.0 Å². The Morgan fingerprint density at radius 3 is 2.76 bits per heavy atom. The van der Waals surface area contributed by atoms with E-state index in [0.717, 1.165) is 0 Å². The number of nitrogens with two attached hydrogens (primary N) is 1. The van der Waals surface area contributed by atoms with E-state index in [1.54, 1.807) is 24.8 Å². The maximum absolute atomic E-state index is 13.3. The van der Waals surface area contributed by atoms with Crippen LogP contribution in [-0.4, -0.2) is 33.8 Å². The largest absolute Gasteiger partial charge is 0.389 e. The normalized spacial score (nSPS) is 18.4. The molecule has 0 spiro atoms. The van der Waals surface area contributed by atoms with Crippen LogP contribution in [0.1, 0.15) is 25.0 Å². The molecule has 7 heteroatoms. The van der Waals surface area contributed by atoms with E-state index in [9.17, 15) is 14.0 Å². The van der Waals surface area contributed by atoms with Gasteiger partial charge in [0.1, 0.15) is 10.8 Å². The van der Waals surface area contributed by atoms with Crippen molar-refractivity contribution in [3.05, 3.63) is 35.1 Å². The Kier molecular flexibility index (Phi) is 4.06. The quantitative estimate of drug-likeness (QED) is 0.635. The van der Waals surface area contributed by atoms with Crippen LogP contribution in [0.2, 0.25) is 0 Å². The number of hydrogen-bond acceptors (Lipinski definition) is 4. The molecule has 0 saturated carbocycles. The zero-order valence-electron chi connectivity index (χ0n) is 11.8. The number of amides is 2. The molecule has 2 amide bonds. The molecule has 0 atom stereocenters. The number of piperazine rings is 1. The Balaban J connectivity index is 2.34. The maximum Gasteiger partial charge on any atom is 0.246 e. The molecule has 1 aromatic rings. The van der Waals surface area contributed by atoms with Crippen molar-refractivity contribution in [3.8, 4) is 0 Å². The van der Waals surface area contributed by atoms with Crippen molar-refractivity contribution in [2.24, 2.45) is 5.73 Å². The topological polar surface area (TPSA) is 75.4 Å². The van der Waals surface area contributed by atoms with Crippen molar-refractivity contribution in [3.63, 3.8) is 0 Å². The van der Waals surface area contributed by atoms with E-state index in [-0.39, 0.29) is 29.9 Å². The third-order valence-electron chi connectivity index (χ3n) is 3.63. The molecule has 5 nitrogen and oxygen atoms in total. The van der Waals surface area contributed by atoms with Crippen molar-refractivity contribution in [1.82, 2.24) is 10.2 Å². The summed E-state index contributed by atoms with van der Waals surface area (Å²) in [6.45, 7) is 3.80.